The largest absolute Gasteiger partial charge is 0.372 e. The SMILES string of the molecule is Cn1c(CN2CCC(OCc3ccccn3)CC2)nnc1C1CC(N)C1. The highest BCUT2D eigenvalue weighted by Crippen LogP contribution is 2.34. The summed E-state index contributed by atoms with van der Waals surface area (Å²) in [6, 6.07) is 6.28. The fourth-order valence-electron chi connectivity index (χ4n) is 3.86. The van der Waals surface area contributed by atoms with Gasteiger partial charge >= 0.3 is 0 Å². The van der Waals surface area contributed by atoms with Gasteiger partial charge in [-0.2, -0.15) is 0 Å². The van der Waals surface area contributed by atoms with Crippen molar-refractivity contribution in [2.75, 3.05) is 13.1 Å². The van der Waals surface area contributed by atoms with Crippen molar-refractivity contribution in [1.82, 2.24) is 24.6 Å². The maximum atomic E-state index is 6.02. The van der Waals surface area contributed by atoms with Gasteiger partial charge in [0.25, 0.3) is 0 Å². The van der Waals surface area contributed by atoms with Crippen LogP contribution >= 0.6 is 0 Å². The molecule has 4 rings (SSSR count). The summed E-state index contributed by atoms with van der Waals surface area (Å²) in [5.74, 6) is 2.63. The molecule has 3 heterocycles. The lowest BCUT2D eigenvalue weighted by molar-refractivity contribution is -0.00579. The first-order chi connectivity index (χ1) is 12.7. The summed E-state index contributed by atoms with van der Waals surface area (Å²) >= 11 is 0. The standard InChI is InChI=1S/C19H28N6O/c1-24-18(22-23-19(24)14-10-15(20)11-14)12-25-8-5-17(6-9-25)26-13-16-4-2-3-7-21-16/h2-4,7,14-15,17H,5-6,8-13,20H2,1H3. The van der Waals surface area contributed by atoms with Crippen LogP contribution < -0.4 is 5.73 Å². The molecule has 2 aromatic heterocycles. The monoisotopic (exact) mass is 356 g/mol. The van der Waals surface area contributed by atoms with Gasteiger partial charge in [0.2, 0.25) is 0 Å². The van der Waals surface area contributed by atoms with Crippen molar-refractivity contribution < 1.29 is 4.74 Å². The zero-order chi connectivity index (χ0) is 17.9. The van der Waals surface area contributed by atoms with Crippen molar-refractivity contribution in [1.29, 1.82) is 0 Å². The Balaban J connectivity index is 1.24. The van der Waals surface area contributed by atoms with Gasteiger partial charge in [0.1, 0.15) is 11.6 Å². The third-order valence-electron chi connectivity index (χ3n) is 5.63. The van der Waals surface area contributed by atoms with E-state index in [1.54, 1.807) is 0 Å². The Morgan fingerprint density at radius 1 is 1.19 bits per heavy atom. The molecule has 0 atom stereocenters. The number of pyridine rings is 1. The smallest absolute Gasteiger partial charge is 0.146 e. The van der Waals surface area contributed by atoms with Crippen molar-refractivity contribution in [2.45, 2.75) is 56.9 Å². The number of hydrogen-bond acceptors (Lipinski definition) is 6. The number of nitrogens with two attached hydrogens (primary N) is 1. The van der Waals surface area contributed by atoms with Crippen LogP contribution in [0.4, 0.5) is 0 Å². The summed E-state index contributed by atoms with van der Waals surface area (Å²) < 4.78 is 8.19. The van der Waals surface area contributed by atoms with E-state index in [0.29, 0.717) is 24.7 Å². The van der Waals surface area contributed by atoms with Gasteiger partial charge in [-0.15, -0.1) is 10.2 Å². The maximum Gasteiger partial charge on any atom is 0.146 e. The second kappa shape index (κ2) is 7.82. The maximum absolute atomic E-state index is 6.02. The topological polar surface area (TPSA) is 82.1 Å². The number of nitrogens with zero attached hydrogens (tertiary/aromatic N) is 5. The van der Waals surface area contributed by atoms with E-state index in [1.807, 2.05) is 24.4 Å². The van der Waals surface area contributed by atoms with Gasteiger partial charge < -0.3 is 15.0 Å². The first kappa shape index (κ1) is 17.6. The molecule has 2 aromatic rings. The summed E-state index contributed by atoms with van der Waals surface area (Å²) in [5.41, 5.74) is 6.90. The molecule has 0 bridgehead atoms. The fraction of sp³-hybridized carbons (Fsp3) is 0.632. The molecule has 7 heteroatoms. The molecule has 1 aliphatic carbocycles. The average Bonchev–Trinajstić information content (AvgIpc) is 2.99. The van der Waals surface area contributed by atoms with Gasteiger partial charge in [0.05, 0.1) is 24.9 Å². The van der Waals surface area contributed by atoms with Crippen LogP contribution in [0.5, 0.6) is 0 Å². The molecule has 2 aliphatic rings. The van der Waals surface area contributed by atoms with Gasteiger partial charge in [-0.3, -0.25) is 9.88 Å². The van der Waals surface area contributed by atoms with Crippen LogP contribution in [0.15, 0.2) is 24.4 Å². The minimum absolute atomic E-state index is 0.319. The molecule has 26 heavy (non-hydrogen) atoms. The highest BCUT2D eigenvalue weighted by molar-refractivity contribution is 5.08. The quantitative estimate of drug-likeness (QED) is 0.846. The molecule has 1 aliphatic heterocycles. The Labute approximate surface area is 154 Å². The normalized spacial score (nSPS) is 24.5. The third kappa shape index (κ3) is 3.95. The van der Waals surface area contributed by atoms with E-state index in [4.69, 9.17) is 10.5 Å². The number of hydrogen-bond donors (Lipinski definition) is 1. The van der Waals surface area contributed by atoms with Crippen LogP contribution in [0.3, 0.4) is 0 Å². The van der Waals surface area contributed by atoms with E-state index < -0.39 is 0 Å². The Bertz CT molecular complexity index is 704. The van der Waals surface area contributed by atoms with Gasteiger partial charge in [0.15, 0.2) is 0 Å². The van der Waals surface area contributed by atoms with Crippen molar-refractivity contribution in [3.63, 3.8) is 0 Å². The van der Waals surface area contributed by atoms with E-state index in [2.05, 4.69) is 31.7 Å². The van der Waals surface area contributed by atoms with Crippen LogP contribution in [0.1, 0.15) is 48.9 Å². The number of likely N-dealkylation sites (tertiary alicyclic amines) is 1. The van der Waals surface area contributed by atoms with E-state index in [-0.39, 0.29) is 0 Å². The minimum Gasteiger partial charge on any atom is -0.372 e. The van der Waals surface area contributed by atoms with Gasteiger partial charge in [0, 0.05) is 38.3 Å². The second-order valence-corrected chi connectivity index (χ2v) is 7.57. The fourth-order valence-corrected chi connectivity index (χ4v) is 3.86. The molecule has 2 fully saturated rings. The molecule has 0 aromatic carbocycles. The minimum atomic E-state index is 0.319. The lowest BCUT2D eigenvalue weighted by atomic mass is 9.80. The first-order valence-electron chi connectivity index (χ1n) is 9.56. The van der Waals surface area contributed by atoms with Crippen LogP contribution in [-0.4, -0.2) is 49.9 Å². The lowest BCUT2D eigenvalue weighted by Gasteiger charge is -2.32. The van der Waals surface area contributed by atoms with E-state index in [1.165, 1.54) is 0 Å². The van der Waals surface area contributed by atoms with Crippen molar-refractivity contribution in [3.05, 3.63) is 41.7 Å². The summed E-state index contributed by atoms with van der Waals surface area (Å²) in [6.45, 7) is 3.52. The summed E-state index contributed by atoms with van der Waals surface area (Å²) in [7, 11) is 2.08. The number of ether oxygens (including phenoxy) is 1. The predicted octanol–water partition coefficient (Wildman–Crippen LogP) is 1.60. The van der Waals surface area contributed by atoms with Crippen molar-refractivity contribution in [3.8, 4) is 0 Å². The highest BCUT2D eigenvalue weighted by Gasteiger charge is 2.32. The van der Waals surface area contributed by atoms with Crippen LogP contribution in [0.25, 0.3) is 0 Å². The average molecular weight is 356 g/mol. The Morgan fingerprint density at radius 3 is 2.69 bits per heavy atom. The molecule has 1 saturated carbocycles. The summed E-state index contributed by atoms with van der Waals surface area (Å²) in [5, 5.41) is 8.84. The molecule has 0 radical (unpaired) electrons. The highest BCUT2D eigenvalue weighted by atomic mass is 16.5. The lowest BCUT2D eigenvalue weighted by Crippen LogP contribution is -2.37. The first-order valence-corrected chi connectivity index (χ1v) is 9.56. The van der Waals surface area contributed by atoms with Crippen LogP contribution in [0.2, 0.25) is 0 Å². The third-order valence-corrected chi connectivity index (χ3v) is 5.63. The van der Waals surface area contributed by atoms with Crippen molar-refractivity contribution in [2.24, 2.45) is 12.8 Å². The molecule has 2 N–H and O–H groups in total. The number of aromatic nitrogens is 4. The molecule has 0 unspecified atom stereocenters. The number of piperidine rings is 1. The molecule has 7 nitrogen and oxygen atoms in total. The van der Waals surface area contributed by atoms with Gasteiger partial charge in [-0.1, -0.05) is 6.07 Å². The summed E-state index contributed by atoms with van der Waals surface area (Å²) in [6.07, 6.45) is 6.30. The Hall–Kier alpha value is -1.83. The molecule has 0 amide bonds. The Kier molecular flexibility index (Phi) is 5.28. The van der Waals surface area contributed by atoms with E-state index in [9.17, 15) is 0 Å². The van der Waals surface area contributed by atoms with E-state index in [0.717, 1.165) is 62.7 Å². The summed E-state index contributed by atoms with van der Waals surface area (Å²) in [4.78, 5) is 6.76. The molecular weight excluding hydrogens is 328 g/mol. The van der Waals surface area contributed by atoms with E-state index >= 15 is 0 Å². The molecule has 140 valence electrons. The van der Waals surface area contributed by atoms with Crippen molar-refractivity contribution >= 4 is 0 Å². The zero-order valence-corrected chi connectivity index (χ0v) is 15.4. The second-order valence-electron chi connectivity index (χ2n) is 7.57. The van der Waals surface area contributed by atoms with Crippen LogP contribution in [0, 0.1) is 0 Å². The Morgan fingerprint density at radius 2 is 2.00 bits per heavy atom. The molecular formula is C19H28N6O. The number of rotatable bonds is 6. The molecule has 0 spiro atoms. The van der Waals surface area contributed by atoms with Gasteiger partial charge in [-0.25, -0.2) is 0 Å². The zero-order valence-electron chi connectivity index (χ0n) is 15.4. The molecule has 1 saturated heterocycles. The van der Waals surface area contributed by atoms with Gasteiger partial charge in [-0.05, 0) is 37.8 Å². The van der Waals surface area contributed by atoms with Crippen LogP contribution in [-0.2, 0) is 24.9 Å². The predicted molar refractivity (Wildman–Crippen MR) is 98.3 cm³/mol.